The molecule has 6 nitrogen and oxygen atoms in total. The average Bonchev–Trinajstić information content (AvgIpc) is 3.24. The van der Waals surface area contributed by atoms with Gasteiger partial charge >= 0.3 is 0 Å². The summed E-state index contributed by atoms with van der Waals surface area (Å²) < 4.78 is 11.5. The standard InChI is InChI=1S/C51H74N4O2/c1-56-50-23-13-11-21-48(50)42-54-35-17-7-3-4-8-18-36-55(43-49-22-12-14-24-51(49)57-2)38-20-10-6-16-34-53-41-47-31-27-45(28-32-47)39-44-25-29-46(30-26-44)40-52-33-15-5-9-19-37-54/h11-14,21-32,52-53H,3-10,15-20,33-43H2,1-2H3. The Morgan fingerprint density at radius 1 is 0.404 bits per heavy atom. The second kappa shape index (κ2) is 27.1. The third-order valence-corrected chi connectivity index (χ3v) is 11.6. The van der Waals surface area contributed by atoms with Gasteiger partial charge in [0.25, 0.3) is 0 Å². The number of para-hydroxylation sites is 2. The number of rotatable bonds is 6. The first-order valence-corrected chi connectivity index (χ1v) is 22.5. The molecule has 0 spiro atoms. The van der Waals surface area contributed by atoms with Gasteiger partial charge in [-0.3, -0.25) is 9.80 Å². The molecule has 3 heterocycles. The highest BCUT2D eigenvalue weighted by atomic mass is 16.5. The molecule has 57 heavy (non-hydrogen) atoms. The van der Waals surface area contributed by atoms with Crippen LogP contribution in [-0.2, 0) is 32.6 Å². The molecule has 4 bridgehead atoms. The molecule has 4 aromatic rings. The second-order valence-electron chi connectivity index (χ2n) is 16.3. The normalized spacial score (nSPS) is 18.0. The summed E-state index contributed by atoms with van der Waals surface area (Å²) in [6.45, 7) is 10.6. The fraction of sp³-hybridized carbons (Fsp3) is 0.529. The van der Waals surface area contributed by atoms with E-state index in [9.17, 15) is 0 Å². The van der Waals surface area contributed by atoms with Gasteiger partial charge in [-0.1, -0.05) is 136 Å². The summed E-state index contributed by atoms with van der Waals surface area (Å²) in [5, 5.41) is 7.38. The Hall–Kier alpha value is -3.68. The Labute approximate surface area is 346 Å². The number of fused-ring (bicyclic) bond motifs is 2. The van der Waals surface area contributed by atoms with E-state index in [-0.39, 0.29) is 0 Å². The van der Waals surface area contributed by atoms with Crippen LogP contribution in [-0.4, -0.2) is 63.3 Å². The molecule has 0 atom stereocenters. The number of methoxy groups -OCH3 is 2. The molecule has 0 amide bonds. The minimum Gasteiger partial charge on any atom is -0.496 e. The predicted molar refractivity (Wildman–Crippen MR) is 240 cm³/mol. The molecule has 7 rings (SSSR count). The first-order valence-electron chi connectivity index (χ1n) is 22.5. The lowest BCUT2D eigenvalue weighted by molar-refractivity contribution is 0.244. The predicted octanol–water partition coefficient (Wildman–Crippen LogP) is 11.0. The number of nitrogens with one attached hydrogen (secondary N) is 2. The molecule has 3 aliphatic rings. The summed E-state index contributed by atoms with van der Waals surface area (Å²) in [6.07, 6.45) is 18.9. The molecule has 0 saturated heterocycles. The summed E-state index contributed by atoms with van der Waals surface area (Å²) in [5.74, 6) is 2.02. The van der Waals surface area contributed by atoms with Crippen molar-refractivity contribution in [2.45, 2.75) is 122 Å². The van der Waals surface area contributed by atoms with Gasteiger partial charge in [0.15, 0.2) is 0 Å². The van der Waals surface area contributed by atoms with Gasteiger partial charge < -0.3 is 20.1 Å². The van der Waals surface area contributed by atoms with Crippen molar-refractivity contribution in [2.24, 2.45) is 0 Å². The van der Waals surface area contributed by atoms with Gasteiger partial charge in [-0.25, -0.2) is 0 Å². The molecule has 0 saturated carbocycles. The second-order valence-corrected chi connectivity index (χ2v) is 16.3. The molecule has 6 heteroatoms. The Balaban J connectivity index is 1.13. The number of nitrogens with zero attached hydrogens (tertiary/aromatic N) is 2. The van der Waals surface area contributed by atoms with Crippen LogP contribution in [0.3, 0.4) is 0 Å². The highest BCUT2D eigenvalue weighted by molar-refractivity contribution is 5.34. The van der Waals surface area contributed by atoms with Gasteiger partial charge in [0.05, 0.1) is 14.2 Å². The third-order valence-electron chi connectivity index (χ3n) is 11.6. The van der Waals surface area contributed by atoms with Crippen LogP contribution < -0.4 is 20.1 Å². The summed E-state index contributed by atoms with van der Waals surface area (Å²) in [7, 11) is 3.59. The van der Waals surface area contributed by atoms with E-state index in [0.717, 1.165) is 83.4 Å². The lowest BCUT2D eigenvalue weighted by atomic mass is 10.0. The van der Waals surface area contributed by atoms with Gasteiger partial charge in [-0.2, -0.15) is 0 Å². The number of benzene rings is 4. The highest BCUT2D eigenvalue weighted by Gasteiger charge is 2.12. The van der Waals surface area contributed by atoms with E-state index in [1.165, 1.54) is 123 Å². The Bertz CT molecular complexity index is 1500. The maximum absolute atomic E-state index is 5.73. The van der Waals surface area contributed by atoms with Gasteiger partial charge in [0.2, 0.25) is 0 Å². The van der Waals surface area contributed by atoms with E-state index in [2.05, 4.69) is 117 Å². The maximum atomic E-state index is 5.73. The minimum atomic E-state index is 0.941. The zero-order valence-corrected chi connectivity index (χ0v) is 35.6. The molecular formula is C51H74N4O2. The largest absolute Gasteiger partial charge is 0.496 e. The quantitative estimate of drug-likeness (QED) is 0.203. The summed E-state index contributed by atoms with van der Waals surface area (Å²) in [4.78, 5) is 5.35. The van der Waals surface area contributed by atoms with Crippen LogP contribution in [0.25, 0.3) is 0 Å². The summed E-state index contributed by atoms with van der Waals surface area (Å²) in [5.41, 5.74) is 8.09. The van der Waals surface area contributed by atoms with Crippen molar-refractivity contribution in [1.82, 2.24) is 20.4 Å². The van der Waals surface area contributed by atoms with Gasteiger partial charge in [-0.05, 0) is 119 Å². The number of hydrogen-bond acceptors (Lipinski definition) is 6. The topological polar surface area (TPSA) is 49.0 Å². The molecule has 310 valence electrons. The number of ether oxygens (including phenoxy) is 2. The molecule has 0 unspecified atom stereocenters. The fourth-order valence-corrected chi connectivity index (χ4v) is 8.20. The van der Waals surface area contributed by atoms with E-state index in [4.69, 9.17) is 9.47 Å². The zero-order chi connectivity index (χ0) is 39.6. The first kappa shape index (κ1) is 44.4. The molecule has 3 aliphatic heterocycles. The molecule has 0 fully saturated rings. The molecule has 0 aliphatic carbocycles. The lowest BCUT2D eigenvalue weighted by Gasteiger charge is -2.24. The molecule has 4 aromatic carbocycles. The molecule has 0 aromatic heterocycles. The molecule has 2 N–H and O–H groups in total. The first-order chi connectivity index (χ1) is 28.2. The Kier molecular flexibility index (Phi) is 21.1. The van der Waals surface area contributed by atoms with Crippen LogP contribution >= 0.6 is 0 Å². The van der Waals surface area contributed by atoms with Crippen LogP contribution in [0, 0.1) is 0 Å². The van der Waals surface area contributed by atoms with Crippen molar-refractivity contribution in [3.05, 3.63) is 130 Å². The highest BCUT2D eigenvalue weighted by Crippen LogP contribution is 2.22. The monoisotopic (exact) mass is 775 g/mol. The van der Waals surface area contributed by atoms with Crippen LogP contribution in [0.4, 0.5) is 0 Å². The van der Waals surface area contributed by atoms with E-state index >= 15 is 0 Å². The summed E-state index contributed by atoms with van der Waals surface area (Å²) >= 11 is 0. The maximum Gasteiger partial charge on any atom is 0.123 e. The summed E-state index contributed by atoms with van der Waals surface area (Å²) in [6, 6.07) is 35.5. The van der Waals surface area contributed by atoms with E-state index < -0.39 is 0 Å². The van der Waals surface area contributed by atoms with Crippen LogP contribution in [0.5, 0.6) is 11.5 Å². The van der Waals surface area contributed by atoms with Crippen LogP contribution in [0.2, 0.25) is 0 Å². The Morgan fingerprint density at radius 3 is 1.12 bits per heavy atom. The molecule has 0 radical (unpaired) electrons. The van der Waals surface area contributed by atoms with Crippen LogP contribution in [0.1, 0.15) is 123 Å². The minimum absolute atomic E-state index is 0.941. The van der Waals surface area contributed by atoms with Crippen LogP contribution in [0.15, 0.2) is 97.1 Å². The Morgan fingerprint density at radius 2 is 0.737 bits per heavy atom. The van der Waals surface area contributed by atoms with E-state index in [1.807, 2.05) is 0 Å². The van der Waals surface area contributed by atoms with Gasteiger partial charge in [0, 0.05) is 37.3 Å². The van der Waals surface area contributed by atoms with Crippen molar-refractivity contribution in [3.8, 4) is 11.5 Å². The van der Waals surface area contributed by atoms with Gasteiger partial charge in [-0.15, -0.1) is 0 Å². The SMILES string of the molecule is COc1ccccc1CN1CCCCCCCCN(Cc2ccccc2OC)CCCCCCNCc2ccc(cc2)Cc2ccc(cc2)CNCCCCCC1. The number of hydrogen-bond donors (Lipinski definition) is 2. The molecular weight excluding hydrogens is 701 g/mol. The third kappa shape index (κ3) is 17.4. The zero-order valence-electron chi connectivity index (χ0n) is 35.6. The lowest BCUT2D eigenvalue weighted by Crippen LogP contribution is -2.26. The smallest absolute Gasteiger partial charge is 0.123 e. The van der Waals surface area contributed by atoms with Crippen molar-refractivity contribution in [2.75, 3.05) is 53.5 Å². The van der Waals surface area contributed by atoms with E-state index in [1.54, 1.807) is 14.2 Å². The van der Waals surface area contributed by atoms with E-state index in [0.29, 0.717) is 0 Å². The average molecular weight is 775 g/mol. The van der Waals surface area contributed by atoms with Crippen molar-refractivity contribution < 1.29 is 9.47 Å². The van der Waals surface area contributed by atoms with Crippen molar-refractivity contribution in [3.63, 3.8) is 0 Å². The fourth-order valence-electron chi connectivity index (χ4n) is 8.20. The van der Waals surface area contributed by atoms with Gasteiger partial charge in [0.1, 0.15) is 11.5 Å². The van der Waals surface area contributed by atoms with Crippen molar-refractivity contribution >= 4 is 0 Å². The van der Waals surface area contributed by atoms with Crippen molar-refractivity contribution in [1.29, 1.82) is 0 Å².